The number of aromatic nitrogens is 3. The first-order valence-electron chi connectivity index (χ1n) is 3.04. The third kappa shape index (κ3) is 0.601. The number of hydrogen-bond acceptors (Lipinski definition) is 3. The smallest absolute Gasteiger partial charge is 0.271 e. The van der Waals surface area contributed by atoms with E-state index in [1.807, 2.05) is 0 Å². The van der Waals surface area contributed by atoms with Gasteiger partial charge in [-0.3, -0.25) is 4.79 Å². The lowest BCUT2D eigenvalue weighted by Gasteiger charge is -2.11. The Kier molecular flexibility index (Phi) is 0.969. The Bertz CT molecular complexity index is 266. The molecule has 0 aliphatic carbocycles. The lowest BCUT2D eigenvalue weighted by atomic mass is 10.3. The molecule has 5 nitrogen and oxygen atoms in total. The number of amides is 1. The molecule has 2 heterocycles. The van der Waals surface area contributed by atoms with Crippen LogP contribution in [0.5, 0.6) is 0 Å². The first-order chi connectivity index (χ1) is 4.88. The molecular weight excluding hydrogens is 132 g/mol. The van der Waals surface area contributed by atoms with Gasteiger partial charge in [0.05, 0.1) is 12.7 Å². The molecule has 0 aromatic carbocycles. The van der Waals surface area contributed by atoms with Gasteiger partial charge in [-0.2, -0.15) is 0 Å². The van der Waals surface area contributed by atoms with Crippen molar-refractivity contribution < 1.29 is 4.79 Å². The normalized spacial score (nSPS) is 16.2. The average molecular weight is 138 g/mol. The predicted octanol–water partition coefficient (Wildman–Crippen LogP) is -0.979. The Balaban J connectivity index is 2.50. The van der Waals surface area contributed by atoms with E-state index >= 15 is 0 Å². The van der Waals surface area contributed by atoms with Crippen LogP contribution in [0.2, 0.25) is 0 Å². The molecule has 1 aromatic heterocycles. The number of nitrogens with one attached hydrogen (secondary N) is 1. The molecular formula is C5H6N4O. The van der Waals surface area contributed by atoms with Crippen LogP contribution in [-0.4, -0.2) is 27.4 Å². The molecule has 10 heavy (non-hydrogen) atoms. The molecule has 0 saturated heterocycles. The molecule has 1 N–H and O–H groups in total. The minimum atomic E-state index is -0.0868. The zero-order chi connectivity index (χ0) is 6.97. The van der Waals surface area contributed by atoms with E-state index in [0.717, 1.165) is 6.54 Å². The van der Waals surface area contributed by atoms with Crippen molar-refractivity contribution in [1.29, 1.82) is 0 Å². The third-order valence-electron chi connectivity index (χ3n) is 1.46. The highest BCUT2D eigenvalue weighted by Gasteiger charge is 2.16. The summed E-state index contributed by atoms with van der Waals surface area (Å²) in [7, 11) is 0. The van der Waals surface area contributed by atoms with Crippen LogP contribution < -0.4 is 5.32 Å². The SMILES string of the molecule is O=C1NCCn2nncc21. The Morgan fingerprint density at radius 1 is 1.70 bits per heavy atom. The number of rotatable bonds is 0. The highest BCUT2D eigenvalue weighted by atomic mass is 16.2. The molecule has 2 rings (SSSR count). The second-order valence-corrected chi connectivity index (χ2v) is 2.10. The summed E-state index contributed by atoms with van der Waals surface area (Å²) in [6.07, 6.45) is 1.47. The fourth-order valence-corrected chi connectivity index (χ4v) is 0.965. The Morgan fingerprint density at radius 3 is 3.40 bits per heavy atom. The van der Waals surface area contributed by atoms with Crippen LogP contribution >= 0.6 is 0 Å². The summed E-state index contributed by atoms with van der Waals surface area (Å²) >= 11 is 0. The maximum absolute atomic E-state index is 10.9. The van der Waals surface area contributed by atoms with E-state index < -0.39 is 0 Å². The molecule has 0 atom stereocenters. The fourth-order valence-electron chi connectivity index (χ4n) is 0.965. The van der Waals surface area contributed by atoms with Crippen LogP contribution in [0.15, 0.2) is 6.20 Å². The number of carbonyl (C=O) groups is 1. The lowest BCUT2D eigenvalue weighted by Crippen LogP contribution is -2.35. The molecule has 0 unspecified atom stereocenters. The van der Waals surface area contributed by atoms with Crippen LogP contribution in [0.1, 0.15) is 10.5 Å². The Labute approximate surface area is 57.0 Å². The molecule has 1 aromatic rings. The second-order valence-electron chi connectivity index (χ2n) is 2.10. The summed E-state index contributed by atoms with van der Waals surface area (Å²) < 4.78 is 1.60. The van der Waals surface area contributed by atoms with E-state index in [9.17, 15) is 4.79 Å². The quantitative estimate of drug-likeness (QED) is 0.501. The van der Waals surface area contributed by atoms with Crippen molar-refractivity contribution in [2.24, 2.45) is 0 Å². The Hall–Kier alpha value is -1.39. The summed E-state index contributed by atoms with van der Waals surface area (Å²) in [5.41, 5.74) is 0.547. The lowest BCUT2D eigenvalue weighted by molar-refractivity contribution is 0.0924. The summed E-state index contributed by atoms with van der Waals surface area (Å²) in [6.45, 7) is 1.37. The van der Waals surface area contributed by atoms with Crippen molar-refractivity contribution in [3.63, 3.8) is 0 Å². The van der Waals surface area contributed by atoms with Gasteiger partial charge in [-0.15, -0.1) is 5.10 Å². The molecule has 1 amide bonds. The van der Waals surface area contributed by atoms with Gasteiger partial charge in [0.2, 0.25) is 0 Å². The average Bonchev–Trinajstić information content (AvgIpc) is 2.36. The summed E-state index contributed by atoms with van der Waals surface area (Å²) in [5.74, 6) is -0.0868. The van der Waals surface area contributed by atoms with E-state index in [4.69, 9.17) is 0 Å². The van der Waals surface area contributed by atoms with Gasteiger partial charge < -0.3 is 5.32 Å². The molecule has 0 radical (unpaired) electrons. The van der Waals surface area contributed by atoms with Gasteiger partial charge in [-0.25, -0.2) is 4.68 Å². The first-order valence-corrected chi connectivity index (χ1v) is 3.04. The maximum Gasteiger partial charge on any atom is 0.271 e. The number of carbonyl (C=O) groups excluding carboxylic acids is 1. The molecule has 0 bridgehead atoms. The van der Waals surface area contributed by atoms with Gasteiger partial charge in [0, 0.05) is 6.54 Å². The molecule has 5 heteroatoms. The molecule has 0 saturated carbocycles. The monoisotopic (exact) mass is 138 g/mol. The summed E-state index contributed by atoms with van der Waals surface area (Å²) in [4.78, 5) is 10.9. The van der Waals surface area contributed by atoms with Crippen LogP contribution in [-0.2, 0) is 6.54 Å². The second kappa shape index (κ2) is 1.80. The van der Waals surface area contributed by atoms with E-state index in [1.54, 1.807) is 4.68 Å². The van der Waals surface area contributed by atoms with Gasteiger partial charge in [-0.1, -0.05) is 5.21 Å². The largest absolute Gasteiger partial charge is 0.349 e. The highest BCUT2D eigenvalue weighted by molar-refractivity contribution is 5.92. The number of hydrogen-bond donors (Lipinski definition) is 1. The number of fused-ring (bicyclic) bond motifs is 1. The zero-order valence-corrected chi connectivity index (χ0v) is 5.24. The minimum absolute atomic E-state index is 0.0868. The number of nitrogens with zero attached hydrogens (tertiary/aromatic N) is 3. The predicted molar refractivity (Wildman–Crippen MR) is 32.4 cm³/mol. The molecule has 52 valence electrons. The van der Waals surface area contributed by atoms with Crippen molar-refractivity contribution in [3.05, 3.63) is 11.9 Å². The van der Waals surface area contributed by atoms with E-state index in [-0.39, 0.29) is 5.91 Å². The van der Waals surface area contributed by atoms with Crippen LogP contribution in [0.4, 0.5) is 0 Å². The highest BCUT2D eigenvalue weighted by Crippen LogP contribution is 1.99. The van der Waals surface area contributed by atoms with E-state index in [0.29, 0.717) is 12.2 Å². The Morgan fingerprint density at radius 2 is 2.60 bits per heavy atom. The summed E-state index contributed by atoms with van der Waals surface area (Å²) in [5, 5.41) is 10.0. The van der Waals surface area contributed by atoms with E-state index in [1.165, 1.54) is 6.20 Å². The van der Waals surface area contributed by atoms with E-state index in [2.05, 4.69) is 15.6 Å². The van der Waals surface area contributed by atoms with Crippen molar-refractivity contribution in [2.75, 3.05) is 6.54 Å². The van der Waals surface area contributed by atoms with Crippen LogP contribution in [0.3, 0.4) is 0 Å². The van der Waals surface area contributed by atoms with Crippen LogP contribution in [0.25, 0.3) is 0 Å². The molecule has 0 fully saturated rings. The van der Waals surface area contributed by atoms with Gasteiger partial charge in [0.15, 0.2) is 0 Å². The standard InChI is InChI=1S/C5H6N4O/c10-5-4-3-7-8-9(4)2-1-6-5/h3H,1-2H2,(H,6,10). The minimum Gasteiger partial charge on any atom is -0.349 e. The van der Waals surface area contributed by atoms with Gasteiger partial charge >= 0.3 is 0 Å². The van der Waals surface area contributed by atoms with Crippen molar-refractivity contribution in [2.45, 2.75) is 6.54 Å². The van der Waals surface area contributed by atoms with Crippen molar-refractivity contribution in [3.8, 4) is 0 Å². The van der Waals surface area contributed by atoms with Gasteiger partial charge in [0.1, 0.15) is 5.69 Å². The molecule has 0 spiro atoms. The molecule has 1 aliphatic heterocycles. The maximum atomic E-state index is 10.9. The van der Waals surface area contributed by atoms with Gasteiger partial charge in [-0.05, 0) is 0 Å². The molecule has 1 aliphatic rings. The van der Waals surface area contributed by atoms with Crippen LogP contribution in [0, 0.1) is 0 Å². The topological polar surface area (TPSA) is 59.8 Å². The fraction of sp³-hybridized carbons (Fsp3) is 0.400. The third-order valence-corrected chi connectivity index (χ3v) is 1.46. The van der Waals surface area contributed by atoms with Crippen molar-refractivity contribution in [1.82, 2.24) is 20.3 Å². The van der Waals surface area contributed by atoms with Crippen molar-refractivity contribution >= 4 is 5.91 Å². The summed E-state index contributed by atoms with van der Waals surface area (Å²) in [6, 6.07) is 0. The van der Waals surface area contributed by atoms with Gasteiger partial charge in [0.25, 0.3) is 5.91 Å². The first kappa shape index (κ1) is 5.40. The zero-order valence-electron chi connectivity index (χ0n) is 5.24.